The molecule has 0 aliphatic heterocycles. The van der Waals surface area contributed by atoms with E-state index < -0.39 is 0 Å². The van der Waals surface area contributed by atoms with Gasteiger partial charge in [0.2, 0.25) is 0 Å². The highest BCUT2D eigenvalue weighted by atomic mass is 35.5. The second kappa shape index (κ2) is 4.39. The van der Waals surface area contributed by atoms with Crippen LogP contribution in [0.5, 0.6) is 0 Å². The smallest absolute Gasteiger partial charge is 0.269 e. The second-order valence-electron chi connectivity index (χ2n) is 4.20. The molecule has 1 aromatic heterocycles. The lowest BCUT2D eigenvalue weighted by Gasteiger charge is -2.12. The van der Waals surface area contributed by atoms with Gasteiger partial charge in [-0.05, 0) is 25.0 Å². The fourth-order valence-electron chi connectivity index (χ4n) is 1.44. The van der Waals surface area contributed by atoms with Crippen LogP contribution < -0.4 is 5.32 Å². The molecule has 0 atom stereocenters. The Morgan fingerprint density at radius 1 is 1.56 bits per heavy atom. The number of aromatic nitrogens is 1. The van der Waals surface area contributed by atoms with E-state index >= 15 is 0 Å². The first kappa shape index (κ1) is 11.4. The lowest BCUT2D eigenvalue weighted by molar-refractivity contribution is 0.0930. The van der Waals surface area contributed by atoms with E-state index in [9.17, 15) is 4.79 Å². The molecule has 1 aromatic rings. The molecule has 1 aliphatic carbocycles. The molecule has 86 valence electrons. The number of hydrogen-bond acceptors (Lipinski definition) is 3. The first-order valence-electron chi connectivity index (χ1n) is 5.16. The number of carbonyl (C=O) groups excluding carboxylic acids is 1. The number of pyridine rings is 1. The molecule has 0 bridgehead atoms. The summed E-state index contributed by atoms with van der Waals surface area (Å²) in [6, 6.07) is 3.21. The van der Waals surface area contributed by atoms with Crippen molar-refractivity contribution in [3.8, 4) is 0 Å². The molecule has 5 heteroatoms. The summed E-state index contributed by atoms with van der Waals surface area (Å²) in [7, 11) is 0. The van der Waals surface area contributed by atoms with Gasteiger partial charge in [-0.25, -0.2) is 4.98 Å². The summed E-state index contributed by atoms with van der Waals surface area (Å²) < 4.78 is 0. The van der Waals surface area contributed by atoms with Crippen LogP contribution in [0, 0.1) is 5.41 Å². The number of rotatable bonds is 4. The summed E-state index contributed by atoms with van der Waals surface area (Å²) in [5, 5.41) is 12.4. The Morgan fingerprint density at radius 3 is 2.81 bits per heavy atom. The highest BCUT2D eigenvalue weighted by Crippen LogP contribution is 2.44. The van der Waals surface area contributed by atoms with E-state index in [1.165, 1.54) is 6.20 Å². The van der Waals surface area contributed by atoms with E-state index in [1.807, 2.05) is 0 Å². The maximum Gasteiger partial charge on any atom is 0.269 e. The minimum Gasteiger partial charge on any atom is -0.396 e. The monoisotopic (exact) mass is 240 g/mol. The number of hydrogen-bond donors (Lipinski definition) is 2. The minimum absolute atomic E-state index is 0.0813. The van der Waals surface area contributed by atoms with Crippen LogP contribution >= 0.6 is 11.6 Å². The van der Waals surface area contributed by atoms with Gasteiger partial charge in [-0.15, -0.1) is 0 Å². The van der Waals surface area contributed by atoms with Crippen LogP contribution in [0.3, 0.4) is 0 Å². The summed E-state index contributed by atoms with van der Waals surface area (Å²) in [5.74, 6) is -0.226. The number of aliphatic hydroxyl groups excluding tert-OH is 1. The third-order valence-electron chi connectivity index (χ3n) is 2.88. The van der Waals surface area contributed by atoms with Crippen LogP contribution in [0.15, 0.2) is 18.3 Å². The van der Waals surface area contributed by atoms with Gasteiger partial charge in [-0.1, -0.05) is 11.6 Å². The molecule has 0 unspecified atom stereocenters. The quantitative estimate of drug-likeness (QED) is 0.832. The number of halogens is 1. The third kappa shape index (κ3) is 2.51. The number of nitrogens with one attached hydrogen (secondary N) is 1. The van der Waals surface area contributed by atoms with E-state index in [4.69, 9.17) is 16.7 Å². The Morgan fingerprint density at radius 2 is 2.31 bits per heavy atom. The Balaban J connectivity index is 1.91. The van der Waals surface area contributed by atoms with E-state index in [0.29, 0.717) is 17.3 Å². The van der Waals surface area contributed by atoms with Crippen molar-refractivity contribution in [2.24, 2.45) is 5.41 Å². The largest absolute Gasteiger partial charge is 0.396 e. The van der Waals surface area contributed by atoms with Crippen molar-refractivity contribution in [2.75, 3.05) is 13.2 Å². The topological polar surface area (TPSA) is 62.2 Å². The zero-order valence-corrected chi connectivity index (χ0v) is 9.50. The van der Waals surface area contributed by atoms with Crippen molar-refractivity contribution in [3.05, 3.63) is 29.0 Å². The molecule has 0 spiro atoms. The van der Waals surface area contributed by atoms with Gasteiger partial charge in [0.15, 0.2) is 0 Å². The van der Waals surface area contributed by atoms with E-state index in [1.54, 1.807) is 12.1 Å². The van der Waals surface area contributed by atoms with Crippen molar-refractivity contribution in [3.63, 3.8) is 0 Å². The summed E-state index contributed by atoms with van der Waals surface area (Å²) in [5.41, 5.74) is 0.264. The van der Waals surface area contributed by atoms with Crippen LogP contribution in [0.2, 0.25) is 5.02 Å². The van der Waals surface area contributed by atoms with E-state index in [0.717, 1.165) is 12.8 Å². The van der Waals surface area contributed by atoms with Gasteiger partial charge >= 0.3 is 0 Å². The first-order chi connectivity index (χ1) is 7.65. The van der Waals surface area contributed by atoms with Gasteiger partial charge in [0.25, 0.3) is 5.91 Å². The predicted molar refractivity (Wildman–Crippen MR) is 60.3 cm³/mol. The van der Waals surface area contributed by atoms with Gasteiger partial charge in [-0.2, -0.15) is 0 Å². The normalized spacial score (nSPS) is 16.9. The SMILES string of the molecule is O=C(NCC1(CO)CC1)c1ccc(Cl)cn1. The first-order valence-corrected chi connectivity index (χ1v) is 5.54. The second-order valence-corrected chi connectivity index (χ2v) is 4.64. The molecule has 2 N–H and O–H groups in total. The Bertz CT molecular complexity index is 387. The minimum atomic E-state index is -0.226. The van der Waals surface area contributed by atoms with E-state index in [-0.39, 0.29) is 17.9 Å². The number of nitrogens with zero attached hydrogens (tertiary/aromatic N) is 1. The number of aliphatic hydroxyl groups is 1. The van der Waals surface area contributed by atoms with Gasteiger partial charge in [0.1, 0.15) is 5.69 Å². The molecular formula is C11H13ClN2O2. The van der Waals surface area contributed by atoms with Crippen molar-refractivity contribution >= 4 is 17.5 Å². The Labute approximate surface area is 98.6 Å². The standard InChI is InChI=1S/C11H13ClN2O2/c12-8-1-2-9(13-5-8)10(16)14-6-11(7-15)3-4-11/h1-2,5,15H,3-4,6-7H2,(H,14,16). The highest BCUT2D eigenvalue weighted by Gasteiger charge is 2.42. The van der Waals surface area contributed by atoms with E-state index in [2.05, 4.69) is 10.3 Å². The van der Waals surface area contributed by atoms with Crippen LogP contribution in [-0.4, -0.2) is 29.1 Å². The summed E-state index contributed by atoms with van der Waals surface area (Å²) in [6.07, 6.45) is 3.38. The maximum absolute atomic E-state index is 11.6. The van der Waals surface area contributed by atoms with Crippen molar-refractivity contribution in [1.29, 1.82) is 0 Å². The lowest BCUT2D eigenvalue weighted by Crippen LogP contribution is -2.32. The van der Waals surface area contributed by atoms with Crippen LogP contribution in [0.4, 0.5) is 0 Å². The average molecular weight is 241 g/mol. The fourth-order valence-corrected chi connectivity index (χ4v) is 1.55. The molecule has 0 aromatic carbocycles. The zero-order chi connectivity index (χ0) is 11.6. The van der Waals surface area contributed by atoms with Gasteiger partial charge in [0, 0.05) is 18.2 Å². The van der Waals surface area contributed by atoms with Gasteiger partial charge in [-0.3, -0.25) is 4.79 Å². The molecule has 1 heterocycles. The number of carbonyl (C=O) groups is 1. The van der Waals surface area contributed by atoms with Crippen molar-refractivity contribution in [2.45, 2.75) is 12.8 Å². The lowest BCUT2D eigenvalue weighted by atomic mass is 10.1. The average Bonchev–Trinajstić information content (AvgIpc) is 3.08. The summed E-state index contributed by atoms with van der Waals surface area (Å²) >= 11 is 5.67. The van der Waals surface area contributed by atoms with Gasteiger partial charge < -0.3 is 10.4 Å². The molecule has 1 saturated carbocycles. The molecule has 2 rings (SSSR count). The molecule has 0 saturated heterocycles. The predicted octanol–water partition coefficient (Wildman–Crippen LogP) is 1.24. The molecule has 1 amide bonds. The Hall–Kier alpha value is -1.13. The van der Waals surface area contributed by atoms with Crippen molar-refractivity contribution < 1.29 is 9.90 Å². The molecule has 4 nitrogen and oxygen atoms in total. The molecule has 1 fully saturated rings. The maximum atomic E-state index is 11.6. The van der Waals surface area contributed by atoms with Crippen LogP contribution in [0.25, 0.3) is 0 Å². The van der Waals surface area contributed by atoms with Gasteiger partial charge in [0.05, 0.1) is 11.6 Å². The summed E-state index contributed by atoms with van der Waals surface area (Å²) in [6.45, 7) is 0.633. The highest BCUT2D eigenvalue weighted by molar-refractivity contribution is 6.30. The zero-order valence-electron chi connectivity index (χ0n) is 8.74. The van der Waals surface area contributed by atoms with Crippen LogP contribution in [0.1, 0.15) is 23.3 Å². The van der Waals surface area contributed by atoms with Crippen molar-refractivity contribution in [1.82, 2.24) is 10.3 Å². The summed E-state index contributed by atoms with van der Waals surface area (Å²) in [4.78, 5) is 15.6. The molecule has 1 aliphatic rings. The molecular weight excluding hydrogens is 228 g/mol. The van der Waals surface area contributed by atoms with Crippen LogP contribution in [-0.2, 0) is 0 Å². The third-order valence-corrected chi connectivity index (χ3v) is 3.10. The molecule has 16 heavy (non-hydrogen) atoms. The fraction of sp³-hybridized carbons (Fsp3) is 0.455. The Kier molecular flexibility index (Phi) is 3.12. The molecule has 0 radical (unpaired) electrons. The number of amides is 1.